The quantitative estimate of drug-likeness (QED) is 0.855. The SMILES string of the molecule is CC(CNC(=O)OC(C)(C)C)Oc1cc(F)ccc1C1C=NN[C@@H]1C. The molecular formula is C18H26FN3O3. The summed E-state index contributed by atoms with van der Waals surface area (Å²) < 4.78 is 24.7. The predicted octanol–water partition coefficient (Wildman–Crippen LogP) is 3.18. The van der Waals surface area contributed by atoms with Gasteiger partial charge in [0.2, 0.25) is 0 Å². The van der Waals surface area contributed by atoms with Crippen LogP contribution in [0, 0.1) is 5.82 Å². The van der Waals surface area contributed by atoms with Crippen LogP contribution in [0.4, 0.5) is 9.18 Å². The molecular weight excluding hydrogens is 325 g/mol. The van der Waals surface area contributed by atoms with Gasteiger partial charge in [0, 0.05) is 23.8 Å². The number of alkyl carbamates (subject to hydrolysis) is 1. The van der Waals surface area contributed by atoms with Gasteiger partial charge in [0.25, 0.3) is 0 Å². The normalized spacial score (nSPS) is 20.7. The van der Waals surface area contributed by atoms with E-state index in [0.29, 0.717) is 5.75 Å². The molecule has 1 heterocycles. The van der Waals surface area contributed by atoms with Crippen LogP contribution >= 0.6 is 0 Å². The van der Waals surface area contributed by atoms with Gasteiger partial charge in [0.05, 0.1) is 12.6 Å². The highest BCUT2D eigenvalue weighted by atomic mass is 19.1. The first-order valence-corrected chi connectivity index (χ1v) is 8.37. The maximum absolute atomic E-state index is 13.7. The zero-order valence-electron chi connectivity index (χ0n) is 15.3. The van der Waals surface area contributed by atoms with Crippen molar-refractivity contribution in [1.82, 2.24) is 10.7 Å². The fourth-order valence-electron chi connectivity index (χ4n) is 2.49. The smallest absolute Gasteiger partial charge is 0.407 e. The lowest BCUT2D eigenvalue weighted by Crippen LogP contribution is -2.37. The molecule has 0 bridgehead atoms. The molecule has 3 atom stereocenters. The number of hydrazone groups is 1. The Kier molecular flexibility index (Phi) is 5.87. The number of ether oxygens (including phenoxy) is 2. The number of rotatable bonds is 5. The van der Waals surface area contributed by atoms with Gasteiger partial charge in [-0.3, -0.25) is 0 Å². The molecule has 1 aromatic carbocycles. The molecule has 1 amide bonds. The number of nitrogens with zero attached hydrogens (tertiary/aromatic N) is 1. The van der Waals surface area contributed by atoms with Gasteiger partial charge in [-0.15, -0.1) is 0 Å². The Balaban J connectivity index is 2.00. The Hall–Kier alpha value is -2.31. The van der Waals surface area contributed by atoms with Crippen molar-refractivity contribution in [2.45, 2.75) is 58.3 Å². The highest BCUT2D eigenvalue weighted by molar-refractivity contribution is 5.72. The van der Waals surface area contributed by atoms with Gasteiger partial charge in [0.15, 0.2) is 0 Å². The number of carbonyl (C=O) groups excluding carboxylic acids is 1. The number of nitrogens with one attached hydrogen (secondary N) is 2. The molecule has 0 aliphatic carbocycles. The summed E-state index contributed by atoms with van der Waals surface area (Å²) >= 11 is 0. The van der Waals surface area contributed by atoms with Crippen LogP contribution in [0.2, 0.25) is 0 Å². The summed E-state index contributed by atoms with van der Waals surface area (Å²) in [7, 11) is 0. The van der Waals surface area contributed by atoms with E-state index in [4.69, 9.17) is 9.47 Å². The van der Waals surface area contributed by atoms with Crippen molar-refractivity contribution in [3.05, 3.63) is 29.6 Å². The molecule has 7 heteroatoms. The lowest BCUT2D eigenvalue weighted by Gasteiger charge is -2.23. The fourth-order valence-corrected chi connectivity index (χ4v) is 2.49. The molecule has 0 aromatic heterocycles. The minimum Gasteiger partial charge on any atom is -0.488 e. The average Bonchev–Trinajstić information content (AvgIpc) is 2.90. The fraction of sp³-hybridized carbons (Fsp3) is 0.556. The zero-order valence-corrected chi connectivity index (χ0v) is 15.3. The van der Waals surface area contributed by atoms with E-state index < -0.39 is 11.7 Å². The van der Waals surface area contributed by atoms with Crippen LogP contribution in [0.5, 0.6) is 5.75 Å². The number of hydrogen-bond acceptors (Lipinski definition) is 5. The predicted molar refractivity (Wildman–Crippen MR) is 94.6 cm³/mol. The van der Waals surface area contributed by atoms with Crippen LogP contribution < -0.4 is 15.5 Å². The average molecular weight is 351 g/mol. The number of carbonyl (C=O) groups is 1. The Morgan fingerprint density at radius 2 is 2.16 bits per heavy atom. The number of hydrogen-bond donors (Lipinski definition) is 2. The first kappa shape index (κ1) is 19.0. The Morgan fingerprint density at radius 3 is 2.76 bits per heavy atom. The van der Waals surface area contributed by atoms with Crippen LogP contribution in [-0.4, -0.2) is 36.6 Å². The van der Waals surface area contributed by atoms with E-state index >= 15 is 0 Å². The van der Waals surface area contributed by atoms with E-state index in [1.165, 1.54) is 12.1 Å². The highest BCUT2D eigenvalue weighted by Gasteiger charge is 2.25. The molecule has 138 valence electrons. The number of benzene rings is 1. The number of amides is 1. The lowest BCUT2D eigenvalue weighted by molar-refractivity contribution is 0.0504. The van der Waals surface area contributed by atoms with Gasteiger partial charge in [-0.25, -0.2) is 9.18 Å². The van der Waals surface area contributed by atoms with Crippen molar-refractivity contribution in [2.24, 2.45) is 5.10 Å². The first-order chi connectivity index (χ1) is 11.7. The molecule has 2 rings (SSSR count). The molecule has 2 unspecified atom stereocenters. The van der Waals surface area contributed by atoms with E-state index in [9.17, 15) is 9.18 Å². The molecule has 0 radical (unpaired) electrons. The standard InChI is InChI=1S/C18H26FN3O3/c1-11(9-20-17(23)25-18(3,4)5)24-16-8-13(19)6-7-14(16)15-10-21-22-12(15)2/h6-8,10-12,15,22H,9H2,1-5H3,(H,20,23)/t11?,12-,15?/m1/s1. The van der Waals surface area contributed by atoms with Crippen molar-refractivity contribution in [1.29, 1.82) is 0 Å². The topological polar surface area (TPSA) is 72.0 Å². The van der Waals surface area contributed by atoms with Crippen LogP contribution in [0.3, 0.4) is 0 Å². The zero-order chi connectivity index (χ0) is 18.6. The van der Waals surface area contributed by atoms with Gasteiger partial charge in [0.1, 0.15) is 23.3 Å². The minimum atomic E-state index is -0.561. The summed E-state index contributed by atoms with van der Waals surface area (Å²) in [5, 5.41) is 6.71. The van der Waals surface area contributed by atoms with Gasteiger partial charge in [-0.1, -0.05) is 6.07 Å². The maximum Gasteiger partial charge on any atom is 0.407 e. The third kappa shape index (κ3) is 5.62. The molecule has 0 saturated carbocycles. The second-order valence-electron chi connectivity index (χ2n) is 7.22. The number of halogens is 1. The Bertz CT molecular complexity index is 643. The summed E-state index contributed by atoms with van der Waals surface area (Å²) in [4.78, 5) is 11.7. The summed E-state index contributed by atoms with van der Waals surface area (Å²) in [6, 6.07) is 4.57. The Labute approximate surface area is 147 Å². The van der Waals surface area contributed by atoms with Gasteiger partial charge >= 0.3 is 6.09 Å². The van der Waals surface area contributed by atoms with Crippen molar-refractivity contribution in [3.8, 4) is 5.75 Å². The molecule has 1 aliphatic rings. The van der Waals surface area contributed by atoms with Crippen molar-refractivity contribution in [3.63, 3.8) is 0 Å². The molecule has 0 fully saturated rings. The van der Waals surface area contributed by atoms with Crippen LogP contribution in [-0.2, 0) is 4.74 Å². The van der Waals surface area contributed by atoms with Crippen LogP contribution in [0.1, 0.15) is 46.1 Å². The third-order valence-electron chi connectivity index (χ3n) is 3.65. The van der Waals surface area contributed by atoms with E-state index in [1.54, 1.807) is 40.0 Å². The van der Waals surface area contributed by atoms with Crippen LogP contribution in [0.25, 0.3) is 0 Å². The summed E-state index contributed by atoms with van der Waals surface area (Å²) in [5.41, 5.74) is 3.26. The summed E-state index contributed by atoms with van der Waals surface area (Å²) in [6.07, 6.45) is 0.923. The van der Waals surface area contributed by atoms with E-state index in [-0.39, 0.29) is 30.4 Å². The molecule has 0 spiro atoms. The first-order valence-electron chi connectivity index (χ1n) is 8.37. The lowest BCUT2D eigenvalue weighted by atomic mass is 9.94. The third-order valence-corrected chi connectivity index (χ3v) is 3.65. The second kappa shape index (κ2) is 7.72. The van der Waals surface area contributed by atoms with Gasteiger partial charge < -0.3 is 20.2 Å². The maximum atomic E-state index is 13.7. The second-order valence-corrected chi connectivity index (χ2v) is 7.22. The van der Waals surface area contributed by atoms with E-state index in [0.717, 1.165) is 5.56 Å². The molecule has 0 saturated heterocycles. The Morgan fingerprint density at radius 1 is 1.44 bits per heavy atom. The summed E-state index contributed by atoms with van der Waals surface area (Å²) in [5.74, 6) is 0.0775. The van der Waals surface area contributed by atoms with Gasteiger partial charge in [-0.05, 0) is 40.7 Å². The van der Waals surface area contributed by atoms with Crippen LogP contribution in [0.15, 0.2) is 23.3 Å². The molecule has 6 nitrogen and oxygen atoms in total. The van der Waals surface area contributed by atoms with E-state index in [1.807, 2.05) is 6.92 Å². The highest BCUT2D eigenvalue weighted by Crippen LogP contribution is 2.31. The molecule has 1 aromatic rings. The molecule has 2 N–H and O–H groups in total. The van der Waals surface area contributed by atoms with Crippen molar-refractivity contribution < 1.29 is 18.7 Å². The van der Waals surface area contributed by atoms with Crippen molar-refractivity contribution >= 4 is 12.3 Å². The largest absolute Gasteiger partial charge is 0.488 e. The van der Waals surface area contributed by atoms with Crippen molar-refractivity contribution in [2.75, 3.05) is 6.54 Å². The molecule has 1 aliphatic heterocycles. The summed E-state index contributed by atoms with van der Waals surface area (Å²) in [6.45, 7) is 9.43. The minimum absolute atomic E-state index is 0.00150. The van der Waals surface area contributed by atoms with E-state index in [2.05, 4.69) is 15.8 Å². The monoisotopic (exact) mass is 351 g/mol. The van der Waals surface area contributed by atoms with Gasteiger partial charge in [-0.2, -0.15) is 5.10 Å². The molecule has 25 heavy (non-hydrogen) atoms.